The van der Waals surface area contributed by atoms with Gasteiger partial charge in [0.1, 0.15) is 0 Å². The van der Waals surface area contributed by atoms with Gasteiger partial charge in [0.05, 0.1) is 31.3 Å². The van der Waals surface area contributed by atoms with E-state index in [-0.39, 0.29) is 18.9 Å². The molecule has 0 saturated carbocycles. The van der Waals surface area contributed by atoms with Gasteiger partial charge < -0.3 is 20.6 Å². The van der Waals surface area contributed by atoms with Gasteiger partial charge in [0.2, 0.25) is 5.91 Å². The number of allylic oxidation sites excluding steroid dienone is 1. The molecule has 0 aliphatic carbocycles. The Labute approximate surface area is 357 Å². The Morgan fingerprint density at radius 3 is 1.02 bits per heavy atom. The number of amides is 1. The van der Waals surface area contributed by atoms with Crippen molar-refractivity contribution in [3.8, 4) is 0 Å². The van der Waals surface area contributed by atoms with Crippen molar-refractivity contribution in [3.63, 3.8) is 0 Å². The third kappa shape index (κ3) is 44.5. The molecule has 1 amide bonds. The van der Waals surface area contributed by atoms with Crippen LogP contribution in [0.4, 0.5) is 0 Å². The first-order chi connectivity index (χ1) is 28.0. The van der Waals surface area contributed by atoms with Crippen LogP contribution in [0.15, 0.2) is 12.2 Å². The molecule has 0 aromatic carbocycles. The molecule has 0 saturated heterocycles. The summed E-state index contributed by atoms with van der Waals surface area (Å²) in [5.74, 6) is -0.309. The average Bonchev–Trinajstić information content (AvgIpc) is 3.20. The summed E-state index contributed by atoms with van der Waals surface area (Å²) in [6.07, 6.45) is 58.1. The number of carbonyl (C=O) groups is 1. The molecule has 3 atom stereocenters. The van der Waals surface area contributed by atoms with Crippen molar-refractivity contribution in [3.05, 3.63) is 12.2 Å². The molecule has 0 aromatic heterocycles. The van der Waals surface area contributed by atoms with Crippen molar-refractivity contribution in [1.29, 1.82) is 0 Å². The normalized spacial score (nSPS) is 13.4. The predicted molar refractivity (Wildman–Crippen MR) is 250 cm³/mol. The molecule has 0 spiro atoms. The quantitative estimate of drug-likeness (QED) is 0.0364. The highest BCUT2D eigenvalue weighted by molar-refractivity contribution is 5.76. The summed E-state index contributed by atoms with van der Waals surface area (Å²) in [5, 5.41) is 33.4. The maximum atomic E-state index is 12.5. The topological polar surface area (TPSA) is 89.8 Å². The van der Waals surface area contributed by atoms with Gasteiger partial charge in [0.25, 0.3) is 0 Å². The zero-order chi connectivity index (χ0) is 41.5. The molecule has 0 fully saturated rings. The number of aliphatic hydroxyl groups excluding tert-OH is 3. The summed E-state index contributed by atoms with van der Waals surface area (Å²) in [6.45, 7) is 4.25. The zero-order valence-corrected chi connectivity index (χ0v) is 38.7. The van der Waals surface area contributed by atoms with Gasteiger partial charge in [-0.15, -0.1) is 0 Å². The minimum Gasteiger partial charge on any atom is -0.394 e. The second-order valence-electron chi connectivity index (χ2n) is 18.1. The Morgan fingerprint density at radius 1 is 0.439 bits per heavy atom. The molecular formula is C52H103NO4. The van der Waals surface area contributed by atoms with Crippen LogP contribution in [0.2, 0.25) is 0 Å². The van der Waals surface area contributed by atoms with Gasteiger partial charge in [-0.3, -0.25) is 4.79 Å². The van der Waals surface area contributed by atoms with Gasteiger partial charge in [0, 0.05) is 0 Å². The molecule has 57 heavy (non-hydrogen) atoms. The van der Waals surface area contributed by atoms with Gasteiger partial charge in [0.15, 0.2) is 0 Å². The summed E-state index contributed by atoms with van der Waals surface area (Å²) in [4.78, 5) is 12.5. The van der Waals surface area contributed by atoms with Gasteiger partial charge in [-0.05, 0) is 19.3 Å². The smallest absolute Gasteiger partial charge is 0.222 e. The van der Waals surface area contributed by atoms with E-state index in [2.05, 4.69) is 19.2 Å². The van der Waals surface area contributed by atoms with Crippen LogP contribution in [0, 0.1) is 0 Å². The number of nitrogens with one attached hydrogen (secondary N) is 1. The largest absolute Gasteiger partial charge is 0.394 e. The Balaban J connectivity index is 3.57. The molecule has 0 bridgehead atoms. The van der Waals surface area contributed by atoms with E-state index in [4.69, 9.17) is 0 Å². The lowest BCUT2D eigenvalue weighted by Gasteiger charge is -2.21. The fourth-order valence-corrected chi connectivity index (χ4v) is 8.34. The van der Waals surface area contributed by atoms with E-state index >= 15 is 0 Å². The van der Waals surface area contributed by atoms with E-state index in [1.54, 1.807) is 6.08 Å². The summed E-state index contributed by atoms with van der Waals surface area (Å²) in [6, 6.07) is -0.740. The lowest BCUT2D eigenvalue weighted by molar-refractivity contribution is -0.124. The molecule has 5 heteroatoms. The van der Waals surface area contributed by atoms with Crippen molar-refractivity contribution in [2.45, 2.75) is 308 Å². The first kappa shape index (κ1) is 56.1. The molecule has 0 radical (unpaired) electrons. The monoisotopic (exact) mass is 806 g/mol. The number of hydrogen-bond donors (Lipinski definition) is 4. The highest BCUT2D eigenvalue weighted by atomic mass is 16.3. The summed E-state index contributed by atoms with van der Waals surface area (Å²) >= 11 is 0. The highest BCUT2D eigenvalue weighted by Crippen LogP contribution is 2.17. The van der Waals surface area contributed by atoms with Crippen LogP contribution in [0.1, 0.15) is 290 Å². The molecular weight excluding hydrogens is 703 g/mol. The Morgan fingerprint density at radius 2 is 0.719 bits per heavy atom. The molecule has 0 rings (SSSR count). The van der Waals surface area contributed by atoms with Gasteiger partial charge >= 0.3 is 0 Å². The zero-order valence-electron chi connectivity index (χ0n) is 38.7. The standard InChI is InChI=1S/C52H103NO4/c1-3-5-7-9-11-13-15-17-19-21-23-25-26-28-30-32-34-36-38-40-42-44-46-51(56)50(48-54)53-52(57)47-49(55)45-43-41-39-37-35-33-31-29-27-24-22-20-18-16-14-12-10-8-6-4-2/h44,46,49-51,54-56H,3-43,45,47-48H2,1-2H3,(H,53,57)/b46-44+. The molecule has 340 valence electrons. The number of carbonyl (C=O) groups excluding carboxylic acids is 1. The van der Waals surface area contributed by atoms with Crippen molar-refractivity contribution in [2.24, 2.45) is 0 Å². The Kier molecular flexibility index (Phi) is 47.0. The van der Waals surface area contributed by atoms with Crippen LogP contribution >= 0.6 is 0 Å². The molecule has 0 heterocycles. The van der Waals surface area contributed by atoms with Crippen LogP contribution in [-0.2, 0) is 4.79 Å². The third-order valence-electron chi connectivity index (χ3n) is 12.3. The maximum Gasteiger partial charge on any atom is 0.222 e. The van der Waals surface area contributed by atoms with Crippen molar-refractivity contribution >= 4 is 5.91 Å². The van der Waals surface area contributed by atoms with Crippen molar-refractivity contribution < 1.29 is 20.1 Å². The summed E-state index contributed by atoms with van der Waals surface area (Å²) in [5.41, 5.74) is 0. The van der Waals surface area contributed by atoms with Gasteiger partial charge in [-0.1, -0.05) is 276 Å². The molecule has 4 N–H and O–H groups in total. The van der Waals surface area contributed by atoms with E-state index in [9.17, 15) is 20.1 Å². The van der Waals surface area contributed by atoms with Gasteiger partial charge in [-0.2, -0.15) is 0 Å². The highest BCUT2D eigenvalue weighted by Gasteiger charge is 2.20. The predicted octanol–water partition coefficient (Wildman–Crippen LogP) is 15.6. The Hall–Kier alpha value is -0.910. The maximum absolute atomic E-state index is 12.5. The second-order valence-corrected chi connectivity index (χ2v) is 18.1. The van der Waals surface area contributed by atoms with E-state index in [1.165, 1.54) is 238 Å². The number of aliphatic hydroxyl groups is 3. The fraction of sp³-hybridized carbons (Fsp3) is 0.942. The lowest BCUT2D eigenvalue weighted by Crippen LogP contribution is -2.45. The number of hydrogen-bond acceptors (Lipinski definition) is 4. The van der Waals surface area contributed by atoms with Crippen molar-refractivity contribution in [2.75, 3.05) is 6.61 Å². The second kappa shape index (κ2) is 47.8. The van der Waals surface area contributed by atoms with Crippen LogP contribution in [0.25, 0.3) is 0 Å². The molecule has 0 aliphatic heterocycles. The van der Waals surface area contributed by atoms with Crippen LogP contribution in [0.3, 0.4) is 0 Å². The lowest BCUT2D eigenvalue weighted by atomic mass is 10.0. The summed E-state index contributed by atoms with van der Waals surface area (Å²) in [7, 11) is 0. The van der Waals surface area contributed by atoms with E-state index in [0.29, 0.717) is 6.42 Å². The van der Waals surface area contributed by atoms with Crippen LogP contribution < -0.4 is 5.32 Å². The Bertz CT molecular complexity index is 803. The van der Waals surface area contributed by atoms with E-state index < -0.39 is 18.2 Å². The van der Waals surface area contributed by atoms with Crippen LogP contribution in [0.5, 0.6) is 0 Å². The van der Waals surface area contributed by atoms with E-state index in [1.807, 2.05) is 6.08 Å². The van der Waals surface area contributed by atoms with E-state index in [0.717, 1.165) is 25.7 Å². The van der Waals surface area contributed by atoms with Crippen LogP contribution in [-0.4, -0.2) is 46.1 Å². The fourth-order valence-electron chi connectivity index (χ4n) is 8.34. The minimum absolute atomic E-state index is 0.0193. The third-order valence-corrected chi connectivity index (χ3v) is 12.3. The minimum atomic E-state index is -0.925. The molecule has 0 aromatic rings. The molecule has 0 aliphatic rings. The molecule has 3 unspecified atom stereocenters. The van der Waals surface area contributed by atoms with Gasteiger partial charge in [-0.25, -0.2) is 0 Å². The number of rotatable bonds is 48. The summed E-state index contributed by atoms with van der Waals surface area (Å²) < 4.78 is 0. The first-order valence-electron chi connectivity index (χ1n) is 26.0. The van der Waals surface area contributed by atoms with Crippen molar-refractivity contribution in [1.82, 2.24) is 5.32 Å². The first-order valence-corrected chi connectivity index (χ1v) is 26.0. The average molecular weight is 806 g/mol. The SMILES string of the molecule is CCCCCCCCCCCCCCCCCCCCCC/C=C/C(O)C(CO)NC(=O)CC(O)CCCCCCCCCCCCCCCCCCCCCC. The molecule has 5 nitrogen and oxygen atoms in total. The number of unbranched alkanes of at least 4 members (excludes halogenated alkanes) is 39.